The second kappa shape index (κ2) is 6.89. The first kappa shape index (κ1) is 17.5. The van der Waals surface area contributed by atoms with Gasteiger partial charge in [-0.25, -0.2) is 4.79 Å². The maximum atomic E-state index is 11.7. The summed E-state index contributed by atoms with van der Waals surface area (Å²) in [6.45, 7) is 6.00. The van der Waals surface area contributed by atoms with E-state index < -0.39 is 11.7 Å². The number of ether oxygens (including phenoxy) is 1. The van der Waals surface area contributed by atoms with Gasteiger partial charge in [-0.15, -0.1) is 0 Å². The summed E-state index contributed by atoms with van der Waals surface area (Å²) in [4.78, 5) is 11.7. The van der Waals surface area contributed by atoms with E-state index in [1.165, 1.54) is 16.7 Å². The lowest BCUT2D eigenvalue weighted by atomic mass is 9.92. The summed E-state index contributed by atoms with van der Waals surface area (Å²) in [5.41, 5.74) is 10.8. The van der Waals surface area contributed by atoms with Crippen molar-refractivity contribution < 1.29 is 9.53 Å². The van der Waals surface area contributed by atoms with Gasteiger partial charge in [0.2, 0.25) is 0 Å². The molecule has 2 aromatic carbocycles. The molecule has 4 nitrogen and oxygen atoms in total. The third kappa shape index (κ3) is 4.20. The van der Waals surface area contributed by atoms with E-state index in [9.17, 15) is 4.79 Å². The molecule has 0 saturated carbocycles. The van der Waals surface area contributed by atoms with Crippen LogP contribution >= 0.6 is 0 Å². The molecule has 2 aromatic rings. The van der Waals surface area contributed by atoms with Crippen molar-refractivity contribution >= 4 is 6.09 Å². The highest BCUT2D eigenvalue weighted by Crippen LogP contribution is 2.40. The molecule has 2 atom stereocenters. The van der Waals surface area contributed by atoms with Crippen molar-refractivity contribution in [3.8, 4) is 0 Å². The molecule has 0 bridgehead atoms. The summed E-state index contributed by atoms with van der Waals surface area (Å²) < 4.78 is 5.25. The number of carbonyl (C=O) groups excluding carboxylic acids is 1. The van der Waals surface area contributed by atoms with Crippen LogP contribution in [0.25, 0.3) is 0 Å². The Kier molecular flexibility index (Phi) is 4.82. The molecule has 0 aliphatic heterocycles. The normalized spacial score (nSPS) is 19.4. The monoisotopic (exact) mass is 338 g/mol. The first-order valence-corrected chi connectivity index (χ1v) is 8.72. The molecule has 0 spiro atoms. The molecule has 0 aromatic heterocycles. The van der Waals surface area contributed by atoms with E-state index in [1.807, 2.05) is 39.0 Å². The van der Waals surface area contributed by atoms with Crippen LogP contribution in [0.4, 0.5) is 4.79 Å². The van der Waals surface area contributed by atoms with Crippen molar-refractivity contribution in [2.24, 2.45) is 5.73 Å². The van der Waals surface area contributed by atoms with Gasteiger partial charge < -0.3 is 15.8 Å². The van der Waals surface area contributed by atoms with Crippen LogP contribution in [0, 0.1) is 0 Å². The SMILES string of the molecule is CC(C)(C)OC(=O)NCc1ccc([C@H]2Cc3ccccc3[C@@H]2N)cc1. The van der Waals surface area contributed by atoms with Crippen molar-refractivity contribution in [3.05, 3.63) is 70.8 Å². The number of nitrogens with one attached hydrogen (secondary N) is 1. The van der Waals surface area contributed by atoms with Gasteiger partial charge in [0.05, 0.1) is 0 Å². The first-order valence-electron chi connectivity index (χ1n) is 8.72. The average Bonchev–Trinajstić information content (AvgIpc) is 2.89. The Balaban J connectivity index is 1.61. The zero-order valence-electron chi connectivity index (χ0n) is 15.1. The zero-order chi connectivity index (χ0) is 18.0. The number of carbonyl (C=O) groups is 1. The Bertz CT molecular complexity index is 747. The number of hydrogen-bond donors (Lipinski definition) is 2. The second-order valence-electron chi connectivity index (χ2n) is 7.63. The van der Waals surface area contributed by atoms with E-state index in [0.717, 1.165) is 12.0 Å². The lowest BCUT2D eigenvalue weighted by Crippen LogP contribution is -2.32. The van der Waals surface area contributed by atoms with Gasteiger partial charge in [-0.1, -0.05) is 48.5 Å². The van der Waals surface area contributed by atoms with Crippen LogP contribution in [0.2, 0.25) is 0 Å². The van der Waals surface area contributed by atoms with Gasteiger partial charge >= 0.3 is 6.09 Å². The molecule has 25 heavy (non-hydrogen) atoms. The molecule has 0 radical (unpaired) electrons. The third-order valence-electron chi connectivity index (χ3n) is 4.53. The first-order chi connectivity index (χ1) is 11.8. The van der Waals surface area contributed by atoms with Crippen LogP contribution in [0.15, 0.2) is 48.5 Å². The van der Waals surface area contributed by atoms with Gasteiger partial charge in [-0.2, -0.15) is 0 Å². The Morgan fingerprint density at radius 2 is 1.84 bits per heavy atom. The van der Waals surface area contributed by atoms with Crippen LogP contribution in [0.1, 0.15) is 55.0 Å². The minimum atomic E-state index is -0.485. The molecule has 1 aliphatic carbocycles. The number of hydrogen-bond acceptors (Lipinski definition) is 3. The summed E-state index contributed by atoms with van der Waals surface area (Å²) in [6, 6.07) is 16.8. The number of rotatable bonds is 3. The van der Waals surface area contributed by atoms with Crippen molar-refractivity contribution in [3.63, 3.8) is 0 Å². The standard InChI is InChI=1S/C21H26N2O2/c1-21(2,3)25-20(24)23-13-14-8-10-15(11-9-14)18-12-16-6-4-5-7-17(16)19(18)22/h4-11,18-19H,12-13,22H2,1-3H3,(H,23,24)/t18-,19+/m1/s1. The van der Waals surface area contributed by atoms with Crippen molar-refractivity contribution in [2.45, 2.75) is 51.3 Å². The lowest BCUT2D eigenvalue weighted by molar-refractivity contribution is 0.0523. The highest BCUT2D eigenvalue weighted by atomic mass is 16.6. The molecular formula is C21H26N2O2. The summed E-state index contributed by atoms with van der Waals surface area (Å²) in [7, 11) is 0. The molecule has 0 saturated heterocycles. The quantitative estimate of drug-likeness (QED) is 0.887. The average molecular weight is 338 g/mol. The number of benzene rings is 2. The van der Waals surface area contributed by atoms with Gasteiger partial charge in [0, 0.05) is 18.5 Å². The molecule has 132 valence electrons. The van der Waals surface area contributed by atoms with Gasteiger partial charge in [0.15, 0.2) is 0 Å². The fourth-order valence-corrected chi connectivity index (χ4v) is 3.32. The Hall–Kier alpha value is -2.33. The van der Waals surface area contributed by atoms with Gasteiger partial charge in [-0.05, 0) is 49.4 Å². The minimum Gasteiger partial charge on any atom is -0.444 e. The van der Waals surface area contributed by atoms with E-state index >= 15 is 0 Å². The van der Waals surface area contributed by atoms with Crippen LogP contribution in [-0.4, -0.2) is 11.7 Å². The Morgan fingerprint density at radius 1 is 1.16 bits per heavy atom. The Labute approximate surface area is 149 Å². The minimum absolute atomic E-state index is 0.0435. The molecule has 0 fully saturated rings. The fourth-order valence-electron chi connectivity index (χ4n) is 3.32. The highest BCUT2D eigenvalue weighted by molar-refractivity contribution is 5.67. The summed E-state index contributed by atoms with van der Waals surface area (Å²) in [6.07, 6.45) is 0.581. The van der Waals surface area contributed by atoms with Gasteiger partial charge in [-0.3, -0.25) is 0 Å². The molecule has 0 unspecified atom stereocenters. The molecule has 1 amide bonds. The fraction of sp³-hybridized carbons (Fsp3) is 0.381. The van der Waals surface area contributed by atoms with Gasteiger partial charge in [0.25, 0.3) is 0 Å². The van der Waals surface area contributed by atoms with Crippen molar-refractivity contribution in [1.29, 1.82) is 0 Å². The van der Waals surface area contributed by atoms with Crippen molar-refractivity contribution in [1.82, 2.24) is 5.32 Å². The molecule has 3 N–H and O–H groups in total. The van der Waals surface area contributed by atoms with E-state index in [1.54, 1.807) is 0 Å². The molecule has 3 rings (SSSR count). The second-order valence-corrected chi connectivity index (χ2v) is 7.63. The van der Waals surface area contributed by atoms with Crippen LogP contribution < -0.4 is 11.1 Å². The number of amides is 1. The lowest BCUT2D eigenvalue weighted by Gasteiger charge is -2.20. The van der Waals surface area contributed by atoms with E-state index in [-0.39, 0.29) is 6.04 Å². The van der Waals surface area contributed by atoms with Crippen LogP contribution in [-0.2, 0) is 17.7 Å². The van der Waals surface area contributed by atoms with Crippen molar-refractivity contribution in [2.75, 3.05) is 0 Å². The number of alkyl carbamates (subject to hydrolysis) is 1. The topological polar surface area (TPSA) is 64.3 Å². The predicted molar refractivity (Wildman–Crippen MR) is 99.3 cm³/mol. The molecule has 4 heteroatoms. The number of nitrogens with two attached hydrogens (primary N) is 1. The van der Waals surface area contributed by atoms with E-state index in [4.69, 9.17) is 10.5 Å². The van der Waals surface area contributed by atoms with E-state index in [2.05, 4.69) is 35.6 Å². The molecular weight excluding hydrogens is 312 g/mol. The molecule has 0 heterocycles. The summed E-state index contributed by atoms with van der Waals surface area (Å²) in [5, 5.41) is 2.78. The predicted octanol–water partition coefficient (Wildman–Crippen LogP) is 4.05. The summed E-state index contributed by atoms with van der Waals surface area (Å²) >= 11 is 0. The largest absolute Gasteiger partial charge is 0.444 e. The summed E-state index contributed by atoms with van der Waals surface area (Å²) in [5.74, 6) is 0.310. The zero-order valence-corrected chi connectivity index (χ0v) is 15.1. The molecule has 1 aliphatic rings. The smallest absolute Gasteiger partial charge is 0.407 e. The highest BCUT2D eigenvalue weighted by Gasteiger charge is 2.30. The van der Waals surface area contributed by atoms with Crippen LogP contribution in [0.3, 0.4) is 0 Å². The Morgan fingerprint density at radius 3 is 2.48 bits per heavy atom. The maximum Gasteiger partial charge on any atom is 0.407 e. The van der Waals surface area contributed by atoms with Crippen LogP contribution in [0.5, 0.6) is 0 Å². The maximum absolute atomic E-state index is 11.7. The number of fused-ring (bicyclic) bond motifs is 1. The third-order valence-corrected chi connectivity index (χ3v) is 4.53. The van der Waals surface area contributed by atoms with E-state index in [0.29, 0.717) is 12.5 Å². The van der Waals surface area contributed by atoms with Gasteiger partial charge in [0.1, 0.15) is 5.60 Å².